The molecule has 0 bridgehead atoms. The number of benzene rings is 12. The van der Waals surface area contributed by atoms with E-state index >= 15 is 0 Å². The van der Waals surface area contributed by atoms with Crippen LogP contribution in [0.5, 0.6) is 0 Å². The van der Waals surface area contributed by atoms with E-state index in [1.807, 2.05) is 24.3 Å². The third kappa shape index (κ3) is 7.43. The number of carbonyl (C=O) groups is 1. The zero-order chi connectivity index (χ0) is 54.9. The van der Waals surface area contributed by atoms with Crippen LogP contribution in [0.2, 0.25) is 0 Å². The lowest BCUT2D eigenvalue weighted by Crippen LogP contribution is -2.01. The summed E-state index contributed by atoms with van der Waals surface area (Å²) in [6.07, 6.45) is 0. The second-order valence-corrected chi connectivity index (χ2v) is 22.4. The first-order valence-corrected chi connectivity index (χ1v) is 28.3. The molecule has 0 amide bonds. The maximum absolute atomic E-state index is 14.3. The molecule has 16 aromatic rings. The van der Waals surface area contributed by atoms with Gasteiger partial charge in [0.05, 0.1) is 44.1 Å². The maximum atomic E-state index is 14.3. The molecule has 0 saturated heterocycles. The normalized spacial score (nSPS) is 12.0. The van der Waals surface area contributed by atoms with Gasteiger partial charge in [0.15, 0.2) is 5.78 Å². The summed E-state index contributed by atoms with van der Waals surface area (Å²) in [5, 5.41) is 9.64. The van der Waals surface area contributed by atoms with E-state index in [1.54, 1.807) is 0 Å². The van der Waals surface area contributed by atoms with Gasteiger partial charge in [-0.2, -0.15) is 0 Å². The smallest absolute Gasteiger partial charge is 0.193 e. The molecular weight excluding hydrogens is 997 g/mol. The second-order valence-electron chi connectivity index (χ2n) is 22.4. The summed E-state index contributed by atoms with van der Waals surface area (Å²) in [6.45, 7) is 8.55. The van der Waals surface area contributed by atoms with Crippen molar-refractivity contribution < 1.29 is 4.79 Å². The fourth-order valence-electron chi connectivity index (χ4n) is 13.0. The lowest BCUT2D eigenvalue weighted by molar-refractivity contribution is 0.103. The van der Waals surface area contributed by atoms with Gasteiger partial charge in [-0.3, -0.25) is 4.79 Å². The highest BCUT2D eigenvalue weighted by Crippen LogP contribution is 2.43. The standard InChI is InChI=1S/C77H54N4O/c1-47-13-31-57(32-14-47)78-69-11-7-5-9-61(69)65-43-67-63-41-55(29-39-71(63)80(75(67)45-73(65)78)59-35-17-49(3)18-36-59)51-21-25-53(26-22-51)77(82)54-27-23-52(24-28-54)56-30-40-72-64(42-56)68-44-66-62-10-6-8-12-70(62)79(58-33-15-48(2)16-34-58)74(66)46-76(68)81(72)60-37-19-50(4)20-38-60/h5-46H,1-4H3. The fraction of sp³-hybridized carbons (Fsp3) is 0.0519. The Balaban J connectivity index is 0.748. The Morgan fingerprint density at radius 2 is 0.500 bits per heavy atom. The molecule has 4 aromatic heterocycles. The van der Waals surface area contributed by atoms with E-state index < -0.39 is 0 Å². The minimum Gasteiger partial charge on any atom is -0.309 e. The Morgan fingerprint density at radius 3 is 0.829 bits per heavy atom. The highest BCUT2D eigenvalue weighted by Gasteiger charge is 2.22. The molecule has 0 aliphatic rings. The molecule has 12 aromatic carbocycles. The van der Waals surface area contributed by atoms with Crippen LogP contribution in [0.25, 0.3) is 132 Å². The number of nitrogens with zero attached hydrogens (tertiary/aromatic N) is 4. The zero-order valence-electron chi connectivity index (χ0n) is 45.9. The van der Waals surface area contributed by atoms with Crippen LogP contribution >= 0.6 is 0 Å². The van der Waals surface area contributed by atoms with Crippen molar-refractivity contribution in [1.82, 2.24) is 18.3 Å². The molecule has 5 nitrogen and oxygen atoms in total. The summed E-state index contributed by atoms with van der Waals surface area (Å²) in [4.78, 5) is 14.3. The summed E-state index contributed by atoms with van der Waals surface area (Å²) in [6, 6.07) is 92.2. The van der Waals surface area contributed by atoms with Crippen LogP contribution in [-0.2, 0) is 0 Å². The first-order valence-electron chi connectivity index (χ1n) is 28.3. The fourth-order valence-corrected chi connectivity index (χ4v) is 13.0. The first kappa shape index (κ1) is 47.5. The number of aromatic nitrogens is 4. The number of rotatable bonds is 8. The predicted octanol–water partition coefficient (Wildman–Crippen LogP) is 19.9. The van der Waals surface area contributed by atoms with E-state index in [9.17, 15) is 4.79 Å². The highest BCUT2D eigenvalue weighted by molar-refractivity contribution is 6.21. The van der Waals surface area contributed by atoms with Crippen molar-refractivity contribution >= 4 is 93.0 Å². The molecular formula is C77H54N4O. The summed E-state index contributed by atoms with van der Waals surface area (Å²) in [5.41, 5.74) is 24.4. The minimum absolute atomic E-state index is 0.00558. The van der Waals surface area contributed by atoms with Gasteiger partial charge in [-0.1, -0.05) is 168 Å². The molecule has 0 atom stereocenters. The topological polar surface area (TPSA) is 36.8 Å². The number of ketones is 1. The molecule has 0 unspecified atom stereocenters. The molecule has 0 aliphatic heterocycles. The van der Waals surface area contributed by atoms with Crippen molar-refractivity contribution in [3.63, 3.8) is 0 Å². The molecule has 0 spiro atoms. The molecule has 0 radical (unpaired) electrons. The average Bonchev–Trinajstić information content (AvgIpc) is 3.34. The number of hydrogen-bond donors (Lipinski definition) is 0. The SMILES string of the molecule is Cc1ccc(-n2c3ccccc3c3cc4c5cc(-c6ccc(C(=O)c7ccc(-c8ccc9c(c8)c8cc%10c%11ccccc%11n(-c%11ccc(C)cc%11)c%10cc8n9-c8ccc(C)cc8)cc7)cc6)ccc5n(-c5ccc(C)cc5)c4cc32)cc1. The van der Waals surface area contributed by atoms with Crippen molar-refractivity contribution in [2.24, 2.45) is 0 Å². The van der Waals surface area contributed by atoms with Crippen molar-refractivity contribution in [2.45, 2.75) is 27.7 Å². The van der Waals surface area contributed by atoms with Gasteiger partial charge in [-0.25, -0.2) is 0 Å². The summed E-state index contributed by atoms with van der Waals surface area (Å²) < 4.78 is 9.62. The number of para-hydroxylation sites is 2. The van der Waals surface area contributed by atoms with E-state index in [2.05, 4.69) is 276 Å². The van der Waals surface area contributed by atoms with Gasteiger partial charge >= 0.3 is 0 Å². The molecule has 388 valence electrons. The van der Waals surface area contributed by atoms with E-state index in [0.29, 0.717) is 11.1 Å². The quantitative estimate of drug-likeness (QED) is 0.140. The lowest BCUT2D eigenvalue weighted by atomic mass is 9.96. The Bertz CT molecular complexity index is 4930. The lowest BCUT2D eigenvalue weighted by Gasteiger charge is -2.11. The van der Waals surface area contributed by atoms with Crippen molar-refractivity contribution in [3.05, 3.63) is 288 Å². The molecule has 82 heavy (non-hydrogen) atoms. The molecule has 0 fully saturated rings. The van der Waals surface area contributed by atoms with Gasteiger partial charge < -0.3 is 18.3 Å². The summed E-state index contributed by atoms with van der Waals surface area (Å²) in [5.74, 6) is -0.00558. The molecule has 0 N–H and O–H groups in total. The number of hydrogen-bond acceptors (Lipinski definition) is 1. The van der Waals surface area contributed by atoms with Gasteiger partial charge in [0, 0.05) is 77.0 Å². The van der Waals surface area contributed by atoms with Crippen LogP contribution in [-0.4, -0.2) is 24.1 Å². The van der Waals surface area contributed by atoms with E-state index in [0.717, 1.165) is 67.1 Å². The van der Waals surface area contributed by atoms with Crippen LogP contribution < -0.4 is 0 Å². The van der Waals surface area contributed by atoms with Gasteiger partial charge in [-0.15, -0.1) is 0 Å². The molecule has 5 heteroatoms. The Morgan fingerprint density at radius 1 is 0.232 bits per heavy atom. The average molecular weight is 1050 g/mol. The Hall–Kier alpha value is -10.5. The summed E-state index contributed by atoms with van der Waals surface area (Å²) in [7, 11) is 0. The minimum atomic E-state index is -0.00558. The van der Waals surface area contributed by atoms with E-state index in [4.69, 9.17) is 0 Å². The Kier molecular flexibility index (Phi) is 10.6. The third-order valence-electron chi connectivity index (χ3n) is 17.2. The van der Waals surface area contributed by atoms with E-state index in [-0.39, 0.29) is 5.78 Å². The molecule has 0 aliphatic carbocycles. The van der Waals surface area contributed by atoms with Crippen LogP contribution in [0.15, 0.2) is 255 Å². The molecule has 4 heterocycles. The maximum Gasteiger partial charge on any atom is 0.193 e. The number of aryl methyl sites for hydroxylation is 4. The van der Waals surface area contributed by atoms with Crippen molar-refractivity contribution in [2.75, 3.05) is 0 Å². The monoisotopic (exact) mass is 1050 g/mol. The van der Waals surface area contributed by atoms with Crippen LogP contribution in [0.1, 0.15) is 38.2 Å². The number of fused-ring (bicyclic) bond motifs is 12. The van der Waals surface area contributed by atoms with Gasteiger partial charge in [0.1, 0.15) is 0 Å². The van der Waals surface area contributed by atoms with Crippen LogP contribution in [0, 0.1) is 27.7 Å². The number of carbonyl (C=O) groups excluding carboxylic acids is 1. The first-order chi connectivity index (χ1) is 40.2. The van der Waals surface area contributed by atoms with E-state index in [1.165, 1.54) is 87.4 Å². The van der Waals surface area contributed by atoms with Gasteiger partial charge in [-0.05, 0) is 159 Å². The third-order valence-corrected chi connectivity index (χ3v) is 17.2. The second kappa shape index (κ2) is 18.3. The van der Waals surface area contributed by atoms with Crippen LogP contribution in [0.4, 0.5) is 0 Å². The molecule has 16 rings (SSSR count). The van der Waals surface area contributed by atoms with Crippen molar-refractivity contribution in [3.8, 4) is 45.0 Å². The van der Waals surface area contributed by atoms with Crippen molar-refractivity contribution in [1.29, 1.82) is 0 Å². The van der Waals surface area contributed by atoms with Gasteiger partial charge in [0.25, 0.3) is 0 Å². The largest absolute Gasteiger partial charge is 0.309 e. The summed E-state index contributed by atoms with van der Waals surface area (Å²) >= 11 is 0. The predicted molar refractivity (Wildman–Crippen MR) is 343 cm³/mol. The van der Waals surface area contributed by atoms with Crippen LogP contribution in [0.3, 0.4) is 0 Å². The zero-order valence-corrected chi connectivity index (χ0v) is 45.9. The van der Waals surface area contributed by atoms with Gasteiger partial charge in [0.2, 0.25) is 0 Å². The molecule has 0 saturated carbocycles. The highest BCUT2D eigenvalue weighted by atomic mass is 16.1. The Labute approximate surface area is 474 Å².